The van der Waals surface area contributed by atoms with Crippen molar-refractivity contribution >= 4 is 17.7 Å². The lowest BCUT2D eigenvalue weighted by Gasteiger charge is -2.11. The van der Waals surface area contributed by atoms with E-state index in [0.29, 0.717) is 23.8 Å². The molecule has 2 aromatic carbocycles. The Kier molecular flexibility index (Phi) is 6.26. The Hall–Kier alpha value is -3.27. The number of halogens is 1. The van der Waals surface area contributed by atoms with E-state index in [1.54, 1.807) is 13.8 Å². The van der Waals surface area contributed by atoms with Gasteiger partial charge in [0.05, 0.1) is 5.25 Å². The summed E-state index contributed by atoms with van der Waals surface area (Å²) < 4.78 is 34.9. The molecule has 10 heteroatoms. The predicted molar refractivity (Wildman–Crippen MR) is 109 cm³/mol. The summed E-state index contributed by atoms with van der Waals surface area (Å²) in [5.74, 6) is 1.60. The van der Waals surface area contributed by atoms with Crippen molar-refractivity contribution in [3.63, 3.8) is 0 Å². The van der Waals surface area contributed by atoms with Crippen LogP contribution in [0, 0.1) is 5.82 Å². The van der Waals surface area contributed by atoms with Crippen LogP contribution in [0.4, 0.5) is 4.39 Å². The fourth-order valence-corrected chi connectivity index (χ4v) is 3.50. The highest BCUT2D eigenvalue weighted by atomic mass is 32.2. The molecule has 0 bridgehead atoms. The van der Waals surface area contributed by atoms with Gasteiger partial charge in [-0.1, -0.05) is 17.8 Å². The van der Waals surface area contributed by atoms with Crippen LogP contribution in [-0.4, -0.2) is 28.1 Å². The molecule has 3 aromatic rings. The molecule has 0 fully saturated rings. The normalized spacial score (nSPS) is 14.2. The Balaban J connectivity index is 1.28. The highest BCUT2D eigenvalue weighted by Gasteiger charge is 2.21. The molecule has 162 valence electrons. The molecule has 2 heterocycles. The van der Waals surface area contributed by atoms with Gasteiger partial charge in [-0.15, -0.1) is 10.2 Å². The molecule has 1 aliphatic heterocycles. The van der Waals surface area contributed by atoms with E-state index >= 15 is 0 Å². The molecule has 0 aliphatic carbocycles. The Bertz CT molecular complexity index is 1060. The Morgan fingerprint density at radius 1 is 1.16 bits per heavy atom. The summed E-state index contributed by atoms with van der Waals surface area (Å²) in [5, 5.41) is 10.6. The first-order valence-electron chi connectivity index (χ1n) is 9.56. The van der Waals surface area contributed by atoms with Crippen LogP contribution in [0.15, 0.2) is 52.1 Å². The minimum atomic E-state index is -0.526. The van der Waals surface area contributed by atoms with Gasteiger partial charge in [-0.25, -0.2) is 4.39 Å². The van der Waals surface area contributed by atoms with Crippen LogP contribution in [-0.2, 0) is 11.3 Å². The largest absolute Gasteiger partial charge is 0.481 e. The number of fused-ring (bicyclic) bond motifs is 1. The number of nitrogens with one attached hydrogen (secondary N) is 1. The minimum Gasteiger partial charge on any atom is -0.481 e. The average molecular weight is 445 g/mol. The number of aromatic nitrogens is 2. The fraction of sp³-hybridized carbons (Fsp3) is 0.286. The number of benzene rings is 2. The quantitative estimate of drug-likeness (QED) is 0.522. The molecule has 1 aliphatic rings. The maximum absolute atomic E-state index is 13.0. The third kappa shape index (κ3) is 5.26. The molecule has 0 spiro atoms. The van der Waals surface area contributed by atoms with Gasteiger partial charge in [0.15, 0.2) is 17.6 Å². The average Bonchev–Trinajstić information content (AvgIpc) is 3.42. The zero-order valence-corrected chi connectivity index (χ0v) is 17.6. The van der Waals surface area contributed by atoms with E-state index in [2.05, 4.69) is 15.5 Å². The molecule has 31 heavy (non-hydrogen) atoms. The summed E-state index contributed by atoms with van der Waals surface area (Å²) in [6.45, 7) is 4.06. The number of ether oxygens (including phenoxy) is 3. The highest BCUT2D eigenvalue weighted by Crippen LogP contribution is 2.32. The van der Waals surface area contributed by atoms with Crippen molar-refractivity contribution in [3.05, 3.63) is 59.7 Å². The number of carbonyl (C=O) groups is 1. The van der Waals surface area contributed by atoms with E-state index in [4.69, 9.17) is 18.6 Å². The molecule has 4 rings (SSSR count). The van der Waals surface area contributed by atoms with Crippen LogP contribution in [0.3, 0.4) is 0 Å². The van der Waals surface area contributed by atoms with Crippen molar-refractivity contribution in [2.75, 3.05) is 6.79 Å². The first-order chi connectivity index (χ1) is 15.0. The lowest BCUT2D eigenvalue weighted by Crippen LogP contribution is -2.30. The van der Waals surface area contributed by atoms with Crippen molar-refractivity contribution in [2.45, 2.75) is 37.0 Å². The second kappa shape index (κ2) is 9.25. The molecular formula is C21H20FN3O5S. The molecule has 0 unspecified atom stereocenters. The smallest absolute Gasteiger partial charge is 0.277 e. The third-order valence-electron chi connectivity index (χ3n) is 4.45. The summed E-state index contributed by atoms with van der Waals surface area (Å²) in [5.41, 5.74) is 0.904. The zero-order valence-electron chi connectivity index (χ0n) is 16.8. The number of hydrogen-bond acceptors (Lipinski definition) is 8. The fourth-order valence-electron chi connectivity index (χ4n) is 2.79. The molecule has 8 nitrogen and oxygen atoms in total. The number of hydrogen-bond donors (Lipinski definition) is 1. The number of amides is 1. The number of nitrogens with zero attached hydrogens (tertiary/aromatic N) is 2. The minimum absolute atomic E-state index is 0.168. The van der Waals surface area contributed by atoms with Crippen molar-refractivity contribution in [2.24, 2.45) is 0 Å². The van der Waals surface area contributed by atoms with Gasteiger partial charge in [-0.05, 0) is 55.8 Å². The second-order valence-electron chi connectivity index (χ2n) is 6.79. The van der Waals surface area contributed by atoms with Crippen molar-refractivity contribution in [1.29, 1.82) is 0 Å². The first-order valence-corrected chi connectivity index (χ1v) is 10.4. The maximum atomic E-state index is 13.0. The van der Waals surface area contributed by atoms with E-state index in [1.165, 1.54) is 24.3 Å². The van der Waals surface area contributed by atoms with Crippen molar-refractivity contribution in [1.82, 2.24) is 15.5 Å². The molecule has 0 saturated carbocycles. The Morgan fingerprint density at radius 3 is 2.74 bits per heavy atom. The standard InChI is InChI=1S/C21H20FN3O5S/c1-12(29-16-6-4-15(22)5-7-16)20-24-25-21(30-20)31-13(2)19(26)23-10-14-3-8-17-18(9-14)28-11-27-17/h3-9,12-13H,10-11H2,1-2H3,(H,23,26)/t12-,13+/m1/s1. The van der Waals surface area contributed by atoms with Crippen molar-refractivity contribution < 1.29 is 27.8 Å². The van der Waals surface area contributed by atoms with Crippen LogP contribution in [0.2, 0.25) is 0 Å². The van der Waals surface area contributed by atoms with Gasteiger partial charge < -0.3 is 23.9 Å². The van der Waals surface area contributed by atoms with Crippen LogP contribution >= 0.6 is 11.8 Å². The second-order valence-corrected chi connectivity index (χ2v) is 8.08. The van der Waals surface area contributed by atoms with Crippen LogP contribution in [0.25, 0.3) is 0 Å². The predicted octanol–water partition coefficient (Wildman–Crippen LogP) is 3.87. The van der Waals surface area contributed by atoms with Gasteiger partial charge in [0.2, 0.25) is 12.7 Å². The Labute approximate surface area is 182 Å². The van der Waals surface area contributed by atoms with E-state index in [1.807, 2.05) is 18.2 Å². The van der Waals surface area contributed by atoms with Gasteiger partial charge >= 0.3 is 0 Å². The topological polar surface area (TPSA) is 95.7 Å². The number of carbonyl (C=O) groups excluding carboxylic acids is 1. The van der Waals surface area contributed by atoms with Gasteiger partial charge in [-0.2, -0.15) is 0 Å². The molecule has 2 atom stereocenters. The highest BCUT2D eigenvalue weighted by molar-refractivity contribution is 8.00. The number of thioether (sulfide) groups is 1. The number of rotatable bonds is 8. The van der Waals surface area contributed by atoms with E-state index < -0.39 is 11.4 Å². The molecule has 0 saturated heterocycles. The molecule has 1 N–H and O–H groups in total. The molecule has 1 aromatic heterocycles. The summed E-state index contributed by atoms with van der Waals surface area (Å²) in [6.07, 6.45) is -0.526. The lowest BCUT2D eigenvalue weighted by atomic mass is 10.2. The Morgan fingerprint density at radius 2 is 1.94 bits per heavy atom. The van der Waals surface area contributed by atoms with Gasteiger partial charge in [-0.3, -0.25) is 4.79 Å². The summed E-state index contributed by atoms with van der Waals surface area (Å²) >= 11 is 1.15. The van der Waals surface area contributed by atoms with Gasteiger partial charge in [0.25, 0.3) is 11.1 Å². The van der Waals surface area contributed by atoms with Crippen molar-refractivity contribution in [3.8, 4) is 17.2 Å². The lowest BCUT2D eigenvalue weighted by molar-refractivity contribution is -0.120. The van der Waals surface area contributed by atoms with Gasteiger partial charge in [0, 0.05) is 6.54 Å². The summed E-state index contributed by atoms with van der Waals surface area (Å²) in [4.78, 5) is 12.4. The monoisotopic (exact) mass is 445 g/mol. The van der Waals surface area contributed by atoms with Crippen LogP contribution in [0.5, 0.6) is 17.2 Å². The van der Waals surface area contributed by atoms with Crippen LogP contribution < -0.4 is 19.5 Å². The molecule has 0 radical (unpaired) electrons. The summed E-state index contributed by atoms with van der Waals surface area (Å²) in [7, 11) is 0. The molecular weight excluding hydrogens is 425 g/mol. The third-order valence-corrected chi connectivity index (χ3v) is 5.38. The first kappa shape index (κ1) is 21.0. The van der Waals surface area contributed by atoms with E-state index in [9.17, 15) is 9.18 Å². The SMILES string of the molecule is C[C@H](Sc1nnc([C@@H](C)Oc2ccc(F)cc2)o1)C(=O)NCc1ccc2c(c1)OCO2. The van der Waals surface area contributed by atoms with E-state index in [0.717, 1.165) is 17.3 Å². The van der Waals surface area contributed by atoms with Gasteiger partial charge in [0.1, 0.15) is 11.6 Å². The summed E-state index contributed by atoms with van der Waals surface area (Å²) in [6, 6.07) is 11.2. The van der Waals surface area contributed by atoms with Crippen LogP contribution in [0.1, 0.15) is 31.4 Å². The maximum Gasteiger partial charge on any atom is 0.277 e. The molecule has 1 amide bonds. The van der Waals surface area contributed by atoms with E-state index in [-0.39, 0.29) is 29.6 Å². The zero-order chi connectivity index (χ0) is 21.8.